The van der Waals surface area contributed by atoms with E-state index >= 15 is 0 Å². The van der Waals surface area contributed by atoms with Crippen molar-refractivity contribution in [1.82, 2.24) is 29.5 Å². The Balaban J connectivity index is 1.38. The highest BCUT2D eigenvalue weighted by molar-refractivity contribution is 7.22. The summed E-state index contributed by atoms with van der Waals surface area (Å²) in [4.78, 5) is 17.9. The fraction of sp³-hybridized carbons (Fsp3) is 0.267. The van der Waals surface area contributed by atoms with E-state index in [1.807, 2.05) is 29.1 Å². The molecule has 4 aromatic heterocycles. The molecule has 8 nitrogen and oxygen atoms in total. The molecule has 5 rings (SSSR count). The first-order valence-corrected chi connectivity index (χ1v) is 8.55. The summed E-state index contributed by atoms with van der Waals surface area (Å²) in [7, 11) is 0. The Bertz CT molecular complexity index is 968. The van der Waals surface area contributed by atoms with E-state index in [0.29, 0.717) is 0 Å². The van der Waals surface area contributed by atoms with Crippen LogP contribution in [0, 0.1) is 0 Å². The SMILES string of the molecule is c1cc2sc(N3CCN(c4nccn5cnnc45)CC3)nc2cn1. The first-order chi connectivity index (χ1) is 11.9. The van der Waals surface area contributed by atoms with Gasteiger partial charge in [-0.2, -0.15) is 0 Å². The summed E-state index contributed by atoms with van der Waals surface area (Å²) in [5, 5.41) is 9.20. The summed E-state index contributed by atoms with van der Waals surface area (Å²) >= 11 is 1.72. The van der Waals surface area contributed by atoms with Crippen molar-refractivity contribution in [2.45, 2.75) is 0 Å². The van der Waals surface area contributed by atoms with Gasteiger partial charge in [-0.15, -0.1) is 10.2 Å². The van der Waals surface area contributed by atoms with Crippen LogP contribution in [0.4, 0.5) is 10.9 Å². The topological polar surface area (TPSA) is 75.3 Å². The first-order valence-electron chi connectivity index (χ1n) is 7.73. The summed E-state index contributed by atoms with van der Waals surface area (Å²) < 4.78 is 3.08. The quantitative estimate of drug-likeness (QED) is 0.547. The highest BCUT2D eigenvalue weighted by Crippen LogP contribution is 2.29. The molecule has 0 radical (unpaired) electrons. The van der Waals surface area contributed by atoms with Crippen LogP contribution < -0.4 is 9.80 Å². The van der Waals surface area contributed by atoms with Gasteiger partial charge in [-0.3, -0.25) is 9.38 Å². The lowest BCUT2D eigenvalue weighted by molar-refractivity contribution is 0.646. The number of hydrogen-bond acceptors (Lipinski definition) is 8. The van der Waals surface area contributed by atoms with Crippen LogP contribution in [0.3, 0.4) is 0 Å². The van der Waals surface area contributed by atoms with Crippen LogP contribution in [-0.2, 0) is 0 Å². The molecular formula is C15H14N8S. The normalized spacial score (nSPS) is 15.5. The van der Waals surface area contributed by atoms with Crippen molar-refractivity contribution in [3.8, 4) is 0 Å². The molecule has 0 spiro atoms. The lowest BCUT2D eigenvalue weighted by atomic mass is 10.3. The van der Waals surface area contributed by atoms with Crippen LogP contribution in [0.25, 0.3) is 15.9 Å². The van der Waals surface area contributed by atoms with Gasteiger partial charge in [-0.1, -0.05) is 11.3 Å². The fourth-order valence-corrected chi connectivity index (χ4v) is 3.97. The van der Waals surface area contributed by atoms with E-state index in [4.69, 9.17) is 4.98 Å². The average molecular weight is 338 g/mol. The van der Waals surface area contributed by atoms with Gasteiger partial charge >= 0.3 is 0 Å². The highest BCUT2D eigenvalue weighted by Gasteiger charge is 2.22. The largest absolute Gasteiger partial charge is 0.350 e. The van der Waals surface area contributed by atoms with Crippen LogP contribution in [0.5, 0.6) is 0 Å². The van der Waals surface area contributed by atoms with Crippen molar-refractivity contribution in [3.63, 3.8) is 0 Å². The number of thiazole rings is 1. The Hall–Kier alpha value is -2.81. The zero-order valence-corrected chi connectivity index (χ0v) is 13.6. The third-order valence-electron chi connectivity index (χ3n) is 4.23. The van der Waals surface area contributed by atoms with Crippen molar-refractivity contribution in [3.05, 3.63) is 37.2 Å². The van der Waals surface area contributed by atoms with E-state index in [0.717, 1.165) is 48.3 Å². The van der Waals surface area contributed by atoms with Gasteiger partial charge in [0.05, 0.1) is 10.9 Å². The van der Waals surface area contributed by atoms with Gasteiger partial charge < -0.3 is 9.80 Å². The molecule has 120 valence electrons. The number of anilines is 2. The van der Waals surface area contributed by atoms with Crippen LogP contribution >= 0.6 is 11.3 Å². The molecular weight excluding hydrogens is 324 g/mol. The molecule has 0 amide bonds. The molecule has 1 aliphatic heterocycles. The van der Waals surface area contributed by atoms with Crippen molar-refractivity contribution in [1.29, 1.82) is 0 Å². The molecule has 9 heteroatoms. The molecule has 0 N–H and O–H groups in total. The summed E-state index contributed by atoms with van der Waals surface area (Å²) in [6, 6.07) is 2.02. The maximum atomic E-state index is 4.70. The lowest BCUT2D eigenvalue weighted by Crippen LogP contribution is -2.47. The molecule has 1 saturated heterocycles. The van der Waals surface area contributed by atoms with Gasteiger partial charge in [0.2, 0.25) is 5.65 Å². The maximum absolute atomic E-state index is 4.70. The number of fused-ring (bicyclic) bond motifs is 2. The molecule has 4 aromatic rings. The smallest absolute Gasteiger partial charge is 0.203 e. The predicted octanol–water partition coefficient (Wildman–Crippen LogP) is 1.46. The molecule has 0 aromatic carbocycles. The average Bonchev–Trinajstić information content (AvgIpc) is 3.28. The summed E-state index contributed by atoms with van der Waals surface area (Å²) in [5.74, 6) is 0.892. The minimum atomic E-state index is 0.803. The standard InChI is InChI=1S/C15H14N8S/c1-2-16-9-11-12(1)24-15(19-11)22-7-5-21(6-8-22)13-14-20-18-10-23(14)4-3-17-13/h1-4,9-10H,5-8H2. The number of hydrogen-bond donors (Lipinski definition) is 0. The van der Waals surface area contributed by atoms with E-state index in [1.54, 1.807) is 23.9 Å². The van der Waals surface area contributed by atoms with Crippen molar-refractivity contribution < 1.29 is 0 Å². The van der Waals surface area contributed by atoms with E-state index in [1.165, 1.54) is 4.70 Å². The predicted molar refractivity (Wildman–Crippen MR) is 92.6 cm³/mol. The maximum Gasteiger partial charge on any atom is 0.203 e. The van der Waals surface area contributed by atoms with Crippen LogP contribution in [0.2, 0.25) is 0 Å². The van der Waals surface area contributed by atoms with Crippen LogP contribution in [0.1, 0.15) is 0 Å². The molecule has 1 aliphatic rings. The Morgan fingerprint density at radius 1 is 1.04 bits per heavy atom. The second kappa shape index (κ2) is 5.38. The Morgan fingerprint density at radius 2 is 1.92 bits per heavy atom. The Kier molecular flexibility index (Phi) is 3.05. The second-order valence-electron chi connectivity index (χ2n) is 5.63. The van der Waals surface area contributed by atoms with Gasteiger partial charge in [-0.25, -0.2) is 9.97 Å². The first kappa shape index (κ1) is 13.6. The lowest BCUT2D eigenvalue weighted by Gasteiger charge is -2.35. The van der Waals surface area contributed by atoms with Crippen LogP contribution in [-0.4, -0.2) is 55.7 Å². The number of rotatable bonds is 2. The highest BCUT2D eigenvalue weighted by atomic mass is 32.1. The molecule has 0 saturated carbocycles. The van der Waals surface area contributed by atoms with Gasteiger partial charge in [0, 0.05) is 44.8 Å². The third kappa shape index (κ3) is 2.16. The third-order valence-corrected chi connectivity index (χ3v) is 5.32. The minimum absolute atomic E-state index is 0.803. The molecule has 1 fully saturated rings. The molecule has 0 unspecified atom stereocenters. The van der Waals surface area contributed by atoms with E-state index in [-0.39, 0.29) is 0 Å². The van der Waals surface area contributed by atoms with Crippen molar-refractivity contribution in [2.24, 2.45) is 0 Å². The zero-order chi connectivity index (χ0) is 15.9. The molecule has 0 aliphatic carbocycles. The van der Waals surface area contributed by atoms with Crippen molar-refractivity contribution in [2.75, 3.05) is 36.0 Å². The van der Waals surface area contributed by atoms with Gasteiger partial charge in [0.25, 0.3) is 0 Å². The Labute approximate surface area is 141 Å². The Morgan fingerprint density at radius 3 is 2.79 bits per heavy atom. The summed E-state index contributed by atoms with van der Waals surface area (Å²) in [5.41, 5.74) is 1.77. The van der Waals surface area contributed by atoms with E-state index in [2.05, 4.69) is 30.0 Å². The minimum Gasteiger partial charge on any atom is -0.350 e. The van der Waals surface area contributed by atoms with E-state index < -0.39 is 0 Å². The van der Waals surface area contributed by atoms with Gasteiger partial charge in [0.15, 0.2) is 10.9 Å². The van der Waals surface area contributed by atoms with Gasteiger partial charge in [0.1, 0.15) is 11.8 Å². The number of pyridine rings is 1. The zero-order valence-electron chi connectivity index (χ0n) is 12.8. The molecule has 0 atom stereocenters. The number of piperazine rings is 1. The van der Waals surface area contributed by atoms with E-state index in [9.17, 15) is 0 Å². The van der Waals surface area contributed by atoms with Crippen LogP contribution in [0.15, 0.2) is 37.2 Å². The molecule has 24 heavy (non-hydrogen) atoms. The molecule has 5 heterocycles. The number of nitrogens with zero attached hydrogens (tertiary/aromatic N) is 8. The summed E-state index contributed by atoms with van der Waals surface area (Å²) in [6.07, 6.45) is 8.99. The number of aromatic nitrogens is 6. The second-order valence-corrected chi connectivity index (χ2v) is 6.64. The monoisotopic (exact) mass is 338 g/mol. The van der Waals surface area contributed by atoms with Gasteiger partial charge in [-0.05, 0) is 6.07 Å². The fourth-order valence-electron chi connectivity index (χ4n) is 2.98. The summed E-state index contributed by atoms with van der Waals surface area (Å²) in [6.45, 7) is 3.58. The van der Waals surface area contributed by atoms with Crippen molar-refractivity contribution >= 4 is 38.2 Å². The molecule has 0 bridgehead atoms.